The number of imidazole rings is 1. The number of alkyl halides is 2. The molecule has 1 saturated heterocycles. The summed E-state index contributed by atoms with van der Waals surface area (Å²) in [6.45, 7) is 5.88. The average molecular weight is 366 g/mol. The third-order valence-corrected chi connectivity index (χ3v) is 4.28. The van der Waals surface area contributed by atoms with Gasteiger partial charge >= 0.3 is 6.09 Å². The first-order chi connectivity index (χ1) is 12.1. The molecule has 8 heteroatoms. The molecule has 0 saturated carbocycles. The molecule has 1 N–H and O–H groups in total. The molecule has 0 spiro atoms. The molecule has 1 aromatic heterocycles. The van der Waals surface area contributed by atoms with Crippen LogP contribution in [-0.4, -0.2) is 40.3 Å². The smallest absolute Gasteiger partial charge is 0.412 e. The fourth-order valence-corrected chi connectivity index (χ4v) is 3.09. The number of piperidine rings is 1. The molecule has 0 unspecified atom stereocenters. The molecule has 1 amide bonds. The normalized spacial score (nSPS) is 17.4. The average Bonchev–Trinajstić information content (AvgIpc) is 2.83. The van der Waals surface area contributed by atoms with E-state index in [1.807, 2.05) is 22.6 Å². The van der Waals surface area contributed by atoms with Crippen molar-refractivity contribution in [3.63, 3.8) is 0 Å². The summed E-state index contributed by atoms with van der Waals surface area (Å²) in [5, 5.41) is 2.75. The van der Waals surface area contributed by atoms with E-state index in [0.717, 1.165) is 5.52 Å². The molecule has 0 aliphatic carbocycles. The first kappa shape index (κ1) is 18.4. The number of halogens is 2. The largest absolute Gasteiger partial charge is 0.444 e. The first-order valence-corrected chi connectivity index (χ1v) is 8.64. The van der Waals surface area contributed by atoms with Gasteiger partial charge in [-0.25, -0.2) is 18.6 Å². The van der Waals surface area contributed by atoms with Crippen LogP contribution >= 0.6 is 0 Å². The number of hydrogen-bond acceptors (Lipinski definition) is 4. The number of aryl methyl sites for hydroxylation is 1. The van der Waals surface area contributed by atoms with E-state index in [1.54, 1.807) is 32.9 Å². The summed E-state index contributed by atoms with van der Waals surface area (Å²) in [4.78, 5) is 18.5. The molecule has 6 nitrogen and oxygen atoms in total. The number of ether oxygens (including phenoxy) is 1. The molecule has 1 aromatic carbocycles. The molecule has 0 radical (unpaired) electrons. The van der Waals surface area contributed by atoms with Crippen LogP contribution in [-0.2, 0) is 11.8 Å². The third-order valence-electron chi connectivity index (χ3n) is 4.28. The van der Waals surface area contributed by atoms with E-state index in [4.69, 9.17) is 4.74 Å². The SMILES string of the molecule is Cn1c(N2CCC(F)(F)CC2)nc2cccc(NC(=O)OC(C)(C)C)c21. The summed E-state index contributed by atoms with van der Waals surface area (Å²) < 4.78 is 34.0. The fraction of sp³-hybridized carbons (Fsp3) is 0.556. The van der Waals surface area contributed by atoms with Gasteiger partial charge in [-0.2, -0.15) is 0 Å². The van der Waals surface area contributed by atoms with Gasteiger partial charge in [0.25, 0.3) is 5.92 Å². The molecule has 0 atom stereocenters. The number of fused-ring (bicyclic) bond motifs is 1. The van der Waals surface area contributed by atoms with Crippen molar-refractivity contribution in [2.24, 2.45) is 7.05 Å². The predicted molar refractivity (Wildman–Crippen MR) is 97.0 cm³/mol. The van der Waals surface area contributed by atoms with E-state index in [9.17, 15) is 13.6 Å². The molecule has 1 aliphatic heterocycles. The van der Waals surface area contributed by atoms with Crippen molar-refractivity contribution in [3.8, 4) is 0 Å². The highest BCUT2D eigenvalue weighted by atomic mass is 19.3. The van der Waals surface area contributed by atoms with Gasteiger partial charge in [0, 0.05) is 33.0 Å². The zero-order valence-corrected chi connectivity index (χ0v) is 15.5. The first-order valence-electron chi connectivity index (χ1n) is 8.64. The number of nitrogens with zero attached hydrogens (tertiary/aromatic N) is 3. The van der Waals surface area contributed by atoms with Crippen LogP contribution in [0.2, 0.25) is 0 Å². The minimum Gasteiger partial charge on any atom is -0.444 e. The molecule has 1 aliphatic rings. The molecule has 3 rings (SSSR count). The van der Waals surface area contributed by atoms with Gasteiger partial charge in [0.15, 0.2) is 0 Å². The Bertz CT molecular complexity index is 816. The number of nitrogens with one attached hydrogen (secondary N) is 1. The van der Waals surface area contributed by atoms with Gasteiger partial charge in [-0.1, -0.05) is 6.07 Å². The van der Waals surface area contributed by atoms with E-state index in [-0.39, 0.29) is 25.9 Å². The lowest BCUT2D eigenvalue weighted by Gasteiger charge is -2.32. The molecular weight excluding hydrogens is 342 g/mol. The van der Waals surface area contributed by atoms with Crippen molar-refractivity contribution in [1.82, 2.24) is 9.55 Å². The molecule has 26 heavy (non-hydrogen) atoms. The van der Waals surface area contributed by atoms with Crippen molar-refractivity contribution >= 4 is 28.8 Å². The van der Waals surface area contributed by atoms with Gasteiger partial charge in [0.05, 0.1) is 16.7 Å². The Morgan fingerprint density at radius 1 is 1.27 bits per heavy atom. The van der Waals surface area contributed by atoms with E-state index in [2.05, 4.69) is 10.3 Å². The Morgan fingerprint density at radius 3 is 2.54 bits per heavy atom. The predicted octanol–water partition coefficient (Wildman–Crippen LogP) is 4.16. The van der Waals surface area contributed by atoms with Crippen molar-refractivity contribution in [2.75, 3.05) is 23.3 Å². The van der Waals surface area contributed by atoms with Gasteiger partial charge in [-0.3, -0.25) is 5.32 Å². The van der Waals surface area contributed by atoms with Crippen LogP contribution in [0.5, 0.6) is 0 Å². The van der Waals surface area contributed by atoms with Crippen LogP contribution in [0.15, 0.2) is 18.2 Å². The van der Waals surface area contributed by atoms with Crippen LogP contribution in [0, 0.1) is 0 Å². The second kappa shape index (κ2) is 6.41. The Hall–Kier alpha value is -2.38. The summed E-state index contributed by atoms with van der Waals surface area (Å²) in [7, 11) is 1.82. The zero-order chi connectivity index (χ0) is 19.1. The minimum atomic E-state index is -2.61. The number of rotatable bonds is 2. The number of para-hydroxylation sites is 1. The van der Waals surface area contributed by atoms with Crippen LogP contribution in [0.4, 0.5) is 25.2 Å². The number of amides is 1. The molecule has 0 bridgehead atoms. The molecule has 1 fully saturated rings. The van der Waals surface area contributed by atoms with E-state index < -0.39 is 17.6 Å². The highest BCUT2D eigenvalue weighted by Crippen LogP contribution is 2.33. The van der Waals surface area contributed by atoms with Gasteiger partial charge in [-0.15, -0.1) is 0 Å². The lowest BCUT2D eigenvalue weighted by molar-refractivity contribution is -0.0223. The topological polar surface area (TPSA) is 59.4 Å². The maximum Gasteiger partial charge on any atom is 0.412 e. The number of carbonyl (C=O) groups excluding carboxylic acids is 1. The van der Waals surface area contributed by atoms with E-state index in [1.165, 1.54) is 0 Å². The summed E-state index contributed by atoms with van der Waals surface area (Å²) in [5.41, 5.74) is 1.38. The van der Waals surface area contributed by atoms with Gasteiger partial charge in [-0.05, 0) is 32.9 Å². The maximum absolute atomic E-state index is 13.4. The number of carbonyl (C=O) groups is 1. The lowest BCUT2D eigenvalue weighted by atomic mass is 10.1. The zero-order valence-electron chi connectivity index (χ0n) is 15.5. The monoisotopic (exact) mass is 366 g/mol. The maximum atomic E-state index is 13.4. The highest BCUT2D eigenvalue weighted by molar-refractivity contribution is 5.98. The Balaban J connectivity index is 1.88. The van der Waals surface area contributed by atoms with E-state index in [0.29, 0.717) is 17.2 Å². The highest BCUT2D eigenvalue weighted by Gasteiger charge is 2.35. The second-order valence-corrected chi connectivity index (χ2v) is 7.61. The summed E-state index contributed by atoms with van der Waals surface area (Å²) >= 11 is 0. The van der Waals surface area contributed by atoms with Gasteiger partial charge < -0.3 is 14.2 Å². The van der Waals surface area contributed by atoms with Gasteiger partial charge in [0.1, 0.15) is 5.60 Å². The van der Waals surface area contributed by atoms with Crippen molar-refractivity contribution in [3.05, 3.63) is 18.2 Å². The van der Waals surface area contributed by atoms with Crippen molar-refractivity contribution in [2.45, 2.75) is 45.1 Å². The van der Waals surface area contributed by atoms with E-state index >= 15 is 0 Å². The molecule has 2 heterocycles. The standard InChI is InChI=1S/C18H24F2N4O2/c1-17(2,3)26-16(25)22-13-7-5-6-12-14(13)23(4)15(21-12)24-10-8-18(19,20)9-11-24/h5-7H,8-11H2,1-4H3,(H,22,25). The number of benzene rings is 1. The number of hydrogen-bond donors (Lipinski definition) is 1. The summed E-state index contributed by atoms with van der Waals surface area (Å²) in [6, 6.07) is 5.38. The number of anilines is 2. The van der Waals surface area contributed by atoms with Gasteiger partial charge in [0.2, 0.25) is 5.95 Å². The fourth-order valence-electron chi connectivity index (χ4n) is 3.09. The lowest BCUT2D eigenvalue weighted by Crippen LogP contribution is -2.40. The Labute approximate surface area is 151 Å². The van der Waals surface area contributed by atoms with Crippen LogP contribution in [0.1, 0.15) is 33.6 Å². The van der Waals surface area contributed by atoms with Crippen LogP contribution in [0.3, 0.4) is 0 Å². The molecular formula is C18H24F2N4O2. The second-order valence-electron chi connectivity index (χ2n) is 7.61. The Morgan fingerprint density at radius 2 is 1.92 bits per heavy atom. The quantitative estimate of drug-likeness (QED) is 0.867. The number of aromatic nitrogens is 2. The van der Waals surface area contributed by atoms with Crippen molar-refractivity contribution < 1.29 is 18.3 Å². The van der Waals surface area contributed by atoms with Crippen LogP contribution < -0.4 is 10.2 Å². The van der Waals surface area contributed by atoms with Crippen molar-refractivity contribution in [1.29, 1.82) is 0 Å². The third kappa shape index (κ3) is 3.89. The van der Waals surface area contributed by atoms with Crippen LogP contribution in [0.25, 0.3) is 11.0 Å². The minimum absolute atomic E-state index is 0.181. The summed E-state index contributed by atoms with van der Waals surface area (Å²) in [5.74, 6) is -1.99. The summed E-state index contributed by atoms with van der Waals surface area (Å²) in [6.07, 6.45) is -0.913. The molecule has 142 valence electrons. The molecule has 2 aromatic rings. The Kier molecular flexibility index (Phi) is 4.54.